The summed E-state index contributed by atoms with van der Waals surface area (Å²) in [4.78, 5) is 0. The maximum absolute atomic E-state index is 2.67. The fourth-order valence-corrected chi connectivity index (χ4v) is 6.36. The van der Waals surface area contributed by atoms with E-state index in [0.717, 1.165) is 47.3 Å². The van der Waals surface area contributed by atoms with Crippen LogP contribution in [-0.4, -0.2) is 0 Å². The van der Waals surface area contributed by atoms with E-state index in [1.807, 2.05) is 0 Å². The normalized spacial score (nSPS) is 37.7. The van der Waals surface area contributed by atoms with Crippen LogP contribution in [0, 0.1) is 77.0 Å². The van der Waals surface area contributed by atoms with Crippen molar-refractivity contribution in [3.8, 4) is 0 Å². The zero-order chi connectivity index (χ0) is 18.1. The molecule has 0 aromatic heterocycles. The van der Waals surface area contributed by atoms with Crippen molar-refractivity contribution in [1.29, 1.82) is 0 Å². The molecule has 0 radical (unpaired) electrons. The molecule has 4 aliphatic rings. The average molecular weight is 581 g/mol. The summed E-state index contributed by atoms with van der Waals surface area (Å²) in [5.74, 6) is 7.51. The van der Waals surface area contributed by atoms with Gasteiger partial charge in [-0.15, -0.1) is 0 Å². The van der Waals surface area contributed by atoms with Gasteiger partial charge in [-0.2, -0.15) is 0 Å². The molecule has 0 bridgehead atoms. The van der Waals surface area contributed by atoms with Crippen LogP contribution >= 0.6 is 0 Å². The summed E-state index contributed by atoms with van der Waals surface area (Å²) in [6.07, 6.45) is 15.2. The Morgan fingerprint density at radius 2 is 1.13 bits per heavy atom. The van der Waals surface area contributed by atoms with Gasteiger partial charge in [-0.3, -0.25) is 0 Å². The van der Waals surface area contributed by atoms with Crippen LogP contribution in [0.5, 0.6) is 0 Å². The van der Waals surface area contributed by atoms with E-state index in [1.165, 1.54) is 44.9 Å². The fourth-order valence-electron chi connectivity index (χ4n) is 6.36. The third-order valence-electron chi connectivity index (χ3n) is 8.83. The predicted molar refractivity (Wildman–Crippen MR) is 136 cm³/mol. The summed E-state index contributed by atoms with van der Waals surface area (Å²) < 4.78 is 0. The van der Waals surface area contributed by atoms with Crippen LogP contribution in [0.25, 0.3) is 0 Å². The van der Waals surface area contributed by atoms with E-state index in [0.29, 0.717) is 0 Å². The van der Waals surface area contributed by atoms with Crippen LogP contribution < -0.4 is 0 Å². The van der Waals surface area contributed by atoms with Gasteiger partial charge < -0.3 is 29.7 Å². The van der Waals surface area contributed by atoms with Gasteiger partial charge in [0.2, 0.25) is 0 Å². The molecule has 3 fully saturated rings. The Morgan fingerprint density at radius 1 is 0.700 bits per heavy atom. The van der Waals surface area contributed by atoms with Crippen molar-refractivity contribution < 1.29 is 25.8 Å². The summed E-state index contributed by atoms with van der Waals surface area (Å²) in [6.45, 7) is 14.3. The molecule has 0 nitrogen and oxygen atoms in total. The van der Waals surface area contributed by atoms with E-state index in [9.17, 15) is 0 Å². The molecule has 30 heavy (non-hydrogen) atoms. The molecule has 0 aromatic carbocycles. The van der Waals surface area contributed by atoms with Crippen molar-refractivity contribution in [3.63, 3.8) is 0 Å². The van der Waals surface area contributed by atoms with E-state index in [4.69, 9.17) is 0 Å². The molecule has 0 spiro atoms. The van der Waals surface area contributed by atoms with Crippen molar-refractivity contribution in [2.75, 3.05) is 0 Å². The molecule has 0 amide bonds. The smallest absolute Gasteiger partial charge is 0.358 e. The van der Waals surface area contributed by atoms with Crippen molar-refractivity contribution in [3.05, 3.63) is 53.0 Å². The standard InChI is InChI=1S/C15H22.C10H20.4CH3.Hf/c1-2-4-11-7-8-14-9-12-5-3-6-13(12)10-15(11)14;1-6-7(2)9(4)10(5)8(6)3;;;;;/h9-11,14-15H,2-8H2,1H3;6-10H,1-5H3;4*1H3;/q;;4*-1;+4. The molecule has 0 aromatic rings. The zero-order valence-electron chi connectivity index (χ0n) is 22.2. The third-order valence-corrected chi connectivity index (χ3v) is 8.83. The summed E-state index contributed by atoms with van der Waals surface area (Å²) in [7, 11) is 0. The summed E-state index contributed by atoms with van der Waals surface area (Å²) in [5, 5.41) is 0. The van der Waals surface area contributed by atoms with Crippen molar-refractivity contribution in [2.24, 2.45) is 47.3 Å². The number of hydrogen-bond donors (Lipinski definition) is 0. The van der Waals surface area contributed by atoms with E-state index in [2.05, 4.69) is 53.7 Å². The molecule has 0 N–H and O–H groups in total. The van der Waals surface area contributed by atoms with E-state index in [-0.39, 0.29) is 55.5 Å². The van der Waals surface area contributed by atoms with Gasteiger partial charge in [0.1, 0.15) is 0 Å². The molecule has 0 heterocycles. The molecule has 3 unspecified atom stereocenters. The zero-order valence-corrected chi connectivity index (χ0v) is 25.8. The maximum atomic E-state index is 2.67. The summed E-state index contributed by atoms with van der Waals surface area (Å²) in [6, 6.07) is 0. The molecule has 3 saturated carbocycles. The largest absolute Gasteiger partial charge is 4.00 e. The average Bonchev–Trinajstić information content (AvgIpc) is 3.27. The monoisotopic (exact) mass is 582 g/mol. The quantitative estimate of drug-likeness (QED) is 0.225. The van der Waals surface area contributed by atoms with Gasteiger partial charge in [-0.1, -0.05) is 66.5 Å². The second-order valence-corrected chi connectivity index (χ2v) is 9.90. The van der Waals surface area contributed by atoms with Crippen molar-refractivity contribution >= 4 is 0 Å². The Balaban J connectivity index is -0.000000441. The molecule has 0 aliphatic heterocycles. The van der Waals surface area contributed by atoms with Crippen LogP contribution in [0.2, 0.25) is 0 Å². The fraction of sp³-hybridized carbons (Fsp3) is 0.724. The SMILES string of the molecule is CC1C(C)C(C)C(C)C1C.CCCC1CCC2C=C3CCCC3=CC21.[CH3-].[CH3-].[CH3-].[CH3-].[Hf+4]. The molecule has 174 valence electrons. The molecular weight excluding hydrogens is 527 g/mol. The van der Waals surface area contributed by atoms with Gasteiger partial charge in [-0.25, -0.2) is 0 Å². The Hall–Kier alpha value is 0.350. The van der Waals surface area contributed by atoms with Gasteiger partial charge in [0.05, 0.1) is 0 Å². The van der Waals surface area contributed by atoms with Gasteiger partial charge in [0, 0.05) is 0 Å². The van der Waals surface area contributed by atoms with Crippen LogP contribution in [-0.2, 0) is 25.8 Å². The molecule has 1 heteroatoms. The molecule has 0 saturated heterocycles. The van der Waals surface area contributed by atoms with Crippen molar-refractivity contribution in [2.45, 2.75) is 86.5 Å². The van der Waals surface area contributed by atoms with Gasteiger partial charge in [0.25, 0.3) is 0 Å². The second-order valence-electron chi connectivity index (χ2n) is 9.90. The van der Waals surface area contributed by atoms with Crippen molar-refractivity contribution in [1.82, 2.24) is 0 Å². The second kappa shape index (κ2) is 15.2. The Bertz CT molecular complexity index is 472. The molecule has 4 aliphatic carbocycles. The molecule has 4 rings (SSSR count). The topological polar surface area (TPSA) is 0 Å². The van der Waals surface area contributed by atoms with Gasteiger partial charge >= 0.3 is 25.8 Å². The molecular formula is C29H54Hf. The Labute approximate surface area is 211 Å². The number of rotatable bonds is 2. The van der Waals surface area contributed by atoms with E-state index >= 15 is 0 Å². The first-order chi connectivity index (χ1) is 11.9. The third kappa shape index (κ3) is 7.18. The van der Waals surface area contributed by atoms with Gasteiger partial charge in [0.15, 0.2) is 0 Å². The Kier molecular flexibility index (Phi) is 17.7. The van der Waals surface area contributed by atoms with Crippen LogP contribution in [0.15, 0.2) is 23.3 Å². The van der Waals surface area contributed by atoms with Crippen LogP contribution in [0.1, 0.15) is 86.5 Å². The van der Waals surface area contributed by atoms with E-state index in [1.54, 1.807) is 11.1 Å². The first-order valence-corrected chi connectivity index (χ1v) is 11.4. The van der Waals surface area contributed by atoms with Crippen LogP contribution in [0.3, 0.4) is 0 Å². The summed E-state index contributed by atoms with van der Waals surface area (Å²) in [5.41, 5.74) is 3.44. The molecule has 3 atom stereocenters. The number of allylic oxidation sites excluding steroid dienone is 4. The first-order valence-electron chi connectivity index (χ1n) is 11.4. The maximum Gasteiger partial charge on any atom is 4.00 e. The number of fused-ring (bicyclic) bond motifs is 2. The Morgan fingerprint density at radius 3 is 1.57 bits per heavy atom. The van der Waals surface area contributed by atoms with Crippen LogP contribution in [0.4, 0.5) is 0 Å². The van der Waals surface area contributed by atoms with E-state index < -0.39 is 0 Å². The van der Waals surface area contributed by atoms with Gasteiger partial charge in [-0.05, 0) is 90.6 Å². The minimum atomic E-state index is 0. The summed E-state index contributed by atoms with van der Waals surface area (Å²) >= 11 is 0. The minimum absolute atomic E-state index is 0. The first kappa shape index (κ1) is 35.0. The predicted octanol–water partition coefficient (Wildman–Crippen LogP) is 9.46. The number of hydrogen-bond acceptors (Lipinski definition) is 0. The minimum Gasteiger partial charge on any atom is -0.358 e.